The van der Waals surface area contributed by atoms with Crippen molar-refractivity contribution in [2.75, 3.05) is 31.6 Å². The minimum absolute atomic E-state index is 0.0701. The maximum absolute atomic E-state index is 9.52. The second-order valence-electron chi connectivity index (χ2n) is 6.11. The Morgan fingerprint density at radius 2 is 2.11 bits per heavy atom. The molecule has 1 aliphatic heterocycles. The molecule has 0 saturated carbocycles. The maximum Gasteiger partial charge on any atom is 0.0604 e. The van der Waals surface area contributed by atoms with Crippen molar-refractivity contribution in [3.63, 3.8) is 0 Å². The second-order valence-corrected chi connectivity index (χ2v) is 6.96. The van der Waals surface area contributed by atoms with E-state index in [1.165, 1.54) is 11.3 Å². The minimum Gasteiger partial charge on any atom is -0.395 e. The molecule has 19 heavy (non-hydrogen) atoms. The van der Waals surface area contributed by atoms with Crippen molar-refractivity contribution in [3.8, 4) is 0 Å². The normalized spacial score (nSPS) is 23.7. The third-order valence-corrected chi connectivity index (χ3v) is 4.94. The number of rotatable bonds is 2. The van der Waals surface area contributed by atoms with Gasteiger partial charge in [0.1, 0.15) is 0 Å². The fraction of sp³-hybridized carbons (Fsp3) is 0.600. The zero-order valence-corrected chi connectivity index (χ0v) is 13.7. The third kappa shape index (κ3) is 2.96. The lowest BCUT2D eigenvalue weighted by Crippen LogP contribution is -2.63. The van der Waals surface area contributed by atoms with Crippen LogP contribution < -0.4 is 4.90 Å². The van der Waals surface area contributed by atoms with Gasteiger partial charge in [0.2, 0.25) is 0 Å². The summed E-state index contributed by atoms with van der Waals surface area (Å²) in [5.74, 6) is 0. The molecule has 2 rings (SSSR count). The Morgan fingerprint density at radius 1 is 1.42 bits per heavy atom. The van der Waals surface area contributed by atoms with E-state index in [1.807, 2.05) is 0 Å². The van der Waals surface area contributed by atoms with Crippen LogP contribution in [-0.2, 0) is 0 Å². The van der Waals surface area contributed by atoms with Crippen molar-refractivity contribution in [1.82, 2.24) is 4.90 Å². The van der Waals surface area contributed by atoms with Gasteiger partial charge in [-0.25, -0.2) is 0 Å². The summed E-state index contributed by atoms with van der Waals surface area (Å²) in [4.78, 5) is 4.66. The van der Waals surface area contributed by atoms with E-state index in [9.17, 15) is 5.11 Å². The standard InChI is InChI=1S/C15H23BrN2O/c1-11-7-12(5-6-14(11)16)18-8-13(9-19)17(4)10-15(18,2)3/h5-7,13,19H,8-10H2,1-4H3. The fourth-order valence-electron chi connectivity index (χ4n) is 2.87. The van der Waals surface area contributed by atoms with Gasteiger partial charge in [0.15, 0.2) is 0 Å². The number of hydrogen-bond donors (Lipinski definition) is 1. The highest BCUT2D eigenvalue weighted by Gasteiger charge is 2.37. The topological polar surface area (TPSA) is 26.7 Å². The molecule has 1 aromatic carbocycles. The Labute approximate surface area is 124 Å². The monoisotopic (exact) mass is 326 g/mol. The summed E-state index contributed by atoms with van der Waals surface area (Å²) in [5, 5.41) is 9.52. The van der Waals surface area contributed by atoms with Crippen LogP contribution in [0.2, 0.25) is 0 Å². The predicted octanol–water partition coefficient (Wildman–Crippen LogP) is 2.65. The number of likely N-dealkylation sites (N-methyl/N-ethyl adjacent to an activating group) is 1. The smallest absolute Gasteiger partial charge is 0.0604 e. The van der Waals surface area contributed by atoms with Gasteiger partial charge in [-0.1, -0.05) is 15.9 Å². The number of aliphatic hydroxyl groups excluding tert-OH is 1. The molecule has 0 spiro atoms. The average Bonchev–Trinajstić information content (AvgIpc) is 2.32. The highest BCUT2D eigenvalue weighted by Crippen LogP contribution is 2.31. The van der Waals surface area contributed by atoms with Crippen LogP contribution in [0.1, 0.15) is 19.4 Å². The van der Waals surface area contributed by atoms with Crippen LogP contribution in [0.15, 0.2) is 22.7 Å². The minimum atomic E-state index is 0.0701. The van der Waals surface area contributed by atoms with E-state index in [0.717, 1.165) is 17.6 Å². The van der Waals surface area contributed by atoms with Crippen molar-refractivity contribution >= 4 is 21.6 Å². The van der Waals surface area contributed by atoms with Crippen LogP contribution >= 0.6 is 15.9 Å². The highest BCUT2D eigenvalue weighted by atomic mass is 79.9. The first-order valence-corrected chi connectivity index (χ1v) is 7.49. The second kappa shape index (κ2) is 5.43. The van der Waals surface area contributed by atoms with Gasteiger partial charge in [-0.2, -0.15) is 0 Å². The first-order valence-electron chi connectivity index (χ1n) is 6.70. The first-order chi connectivity index (χ1) is 8.85. The molecule has 4 heteroatoms. The van der Waals surface area contributed by atoms with Crippen molar-refractivity contribution in [1.29, 1.82) is 0 Å². The molecule has 106 valence electrons. The molecule has 1 saturated heterocycles. The molecule has 1 N–H and O–H groups in total. The summed E-state index contributed by atoms with van der Waals surface area (Å²) < 4.78 is 1.14. The van der Waals surface area contributed by atoms with E-state index in [2.05, 4.69) is 71.7 Å². The van der Waals surface area contributed by atoms with Crippen molar-refractivity contribution < 1.29 is 5.11 Å². The summed E-state index contributed by atoms with van der Waals surface area (Å²) >= 11 is 3.55. The molecule has 1 atom stereocenters. The van der Waals surface area contributed by atoms with Crippen molar-refractivity contribution in [3.05, 3.63) is 28.2 Å². The van der Waals surface area contributed by atoms with Gasteiger partial charge in [0, 0.05) is 28.8 Å². The van der Waals surface area contributed by atoms with Gasteiger partial charge in [0.25, 0.3) is 0 Å². The van der Waals surface area contributed by atoms with Crippen molar-refractivity contribution in [2.45, 2.75) is 32.4 Å². The molecule has 1 heterocycles. The van der Waals surface area contributed by atoms with Gasteiger partial charge < -0.3 is 10.0 Å². The zero-order valence-electron chi connectivity index (χ0n) is 12.2. The van der Waals surface area contributed by atoms with Gasteiger partial charge in [-0.15, -0.1) is 0 Å². The maximum atomic E-state index is 9.52. The number of anilines is 1. The predicted molar refractivity (Wildman–Crippen MR) is 83.8 cm³/mol. The number of aryl methyl sites for hydroxylation is 1. The van der Waals surface area contributed by atoms with Crippen LogP contribution in [0.5, 0.6) is 0 Å². The molecular formula is C15H23BrN2O. The Bertz CT molecular complexity index is 461. The molecule has 0 aliphatic carbocycles. The number of hydrogen-bond acceptors (Lipinski definition) is 3. The molecular weight excluding hydrogens is 304 g/mol. The molecule has 3 nitrogen and oxygen atoms in total. The van der Waals surface area contributed by atoms with Crippen LogP contribution in [0, 0.1) is 6.92 Å². The molecule has 0 aromatic heterocycles. The summed E-state index contributed by atoms with van der Waals surface area (Å²) in [6, 6.07) is 6.67. The number of piperazine rings is 1. The van der Waals surface area contributed by atoms with Gasteiger partial charge >= 0.3 is 0 Å². The summed E-state index contributed by atoms with van der Waals surface area (Å²) in [5.41, 5.74) is 2.55. The number of nitrogens with zero attached hydrogens (tertiary/aromatic N) is 2. The molecule has 1 unspecified atom stereocenters. The summed E-state index contributed by atoms with van der Waals surface area (Å²) in [6.45, 7) is 8.65. The lowest BCUT2D eigenvalue weighted by atomic mass is 9.95. The van der Waals surface area contributed by atoms with E-state index in [0.29, 0.717) is 0 Å². The SMILES string of the molecule is Cc1cc(N2CC(CO)N(C)CC2(C)C)ccc1Br. The zero-order chi connectivity index (χ0) is 14.2. The van der Waals surface area contributed by atoms with E-state index in [-0.39, 0.29) is 18.2 Å². The van der Waals surface area contributed by atoms with Gasteiger partial charge in [0.05, 0.1) is 12.6 Å². The molecule has 0 radical (unpaired) electrons. The number of benzene rings is 1. The van der Waals surface area contributed by atoms with E-state index in [4.69, 9.17) is 0 Å². The van der Waals surface area contributed by atoms with Crippen LogP contribution in [-0.4, -0.2) is 48.3 Å². The number of halogens is 1. The average molecular weight is 327 g/mol. The van der Waals surface area contributed by atoms with Crippen LogP contribution in [0.25, 0.3) is 0 Å². The Balaban J connectivity index is 2.32. The van der Waals surface area contributed by atoms with Crippen LogP contribution in [0.4, 0.5) is 5.69 Å². The van der Waals surface area contributed by atoms with E-state index < -0.39 is 0 Å². The van der Waals surface area contributed by atoms with Gasteiger partial charge in [-0.3, -0.25) is 4.90 Å². The van der Waals surface area contributed by atoms with E-state index in [1.54, 1.807) is 0 Å². The molecule has 0 bridgehead atoms. The Morgan fingerprint density at radius 3 is 2.68 bits per heavy atom. The molecule has 1 aliphatic rings. The van der Waals surface area contributed by atoms with Crippen LogP contribution in [0.3, 0.4) is 0 Å². The first kappa shape index (κ1) is 14.8. The lowest BCUT2D eigenvalue weighted by Gasteiger charge is -2.51. The molecule has 1 aromatic rings. The molecule has 1 fully saturated rings. The Hall–Kier alpha value is -0.580. The van der Waals surface area contributed by atoms with Crippen molar-refractivity contribution in [2.24, 2.45) is 0 Å². The summed E-state index contributed by atoms with van der Waals surface area (Å²) in [7, 11) is 2.09. The number of aliphatic hydroxyl groups is 1. The lowest BCUT2D eigenvalue weighted by molar-refractivity contribution is 0.0980. The summed E-state index contributed by atoms with van der Waals surface area (Å²) in [6.07, 6.45) is 0. The molecule has 0 amide bonds. The Kier molecular flexibility index (Phi) is 4.23. The fourth-order valence-corrected chi connectivity index (χ4v) is 3.12. The largest absolute Gasteiger partial charge is 0.395 e. The third-order valence-electron chi connectivity index (χ3n) is 4.05. The van der Waals surface area contributed by atoms with E-state index >= 15 is 0 Å². The quantitative estimate of drug-likeness (QED) is 0.905. The van der Waals surface area contributed by atoms with Gasteiger partial charge in [-0.05, 0) is 51.6 Å². The highest BCUT2D eigenvalue weighted by molar-refractivity contribution is 9.10.